The van der Waals surface area contributed by atoms with Crippen LogP contribution in [-0.4, -0.2) is 89.0 Å². The highest BCUT2D eigenvalue weighted by atomic mass is 32.2. The van der Waals surface area contributed by atoms with Gasteiger partial charge in [-0.15, -0.1) is 15.3 Å². The van der Waals surface area contributed by atoms with Crippen LogP contribution in [-0.2, 0) is 10.0 Å². The molecule has 0 N–H and O–H groups in total. The molecule has 27 heavy (non-hydrogen) atoms. The van der Waals surface area contributed by atoms with Crippen LogP contribution in [0.1, 0.15) is 31.0 Å². The first kappa shape index (κ1) is 17.3. The van der Waals surface area contributed by atoms with E-state index in [1.54, 1.807) is 4.31 Å². The van der Waals surface area contributed by atoms with Crippen LogP contribution in [0.2, 0.25) is 0 Å². The summed E-state index contributed by atoms with van der Waals surface area (Å²) in [5.74, 6) is 2.75. The molecule has 0 atom stereocenters. The molecule has 0 aromatic carbocycles. The molecule has 5 rings (SSSR count). The van der Waals surface area contributed by atoms with Crippen molar-refractivity contribution in [1.29, 1.82) is 0 Å². The third-order valence-electron chi connectivity index (χ3n) is 5.93. The van der Waals surface area contributed by atoms with Crippen molar-refractivity contribution in [3.8, 4) is 0 Å². The van der Waals surface area contributed by atoms with Gasteiger partial charge in [0.25, 0.3) is 0 Å². The average Bonchev–Trinajstić information content (AvgIpc) is 3.26. The Morgan fingerprint density at radius 1 is 1.22 bits per heavy atom. The van der Waals surface area contributed by atoms with E-state index < -0.39 is 10.0 Å². The molecule has 0 bridgehead atoms. The third kappa shape index (κ3) is 3.19. The van der Waals surface area contributed by atoms with Gasteiger partial charge in [0, 0.05) is 44.7 Å². The lowest BCUT2D eigenvalue weighted by Gasteiger charge is -2.44. The van der Waals surface area contributed by atoms with Gasteiger partial charge in [-0.25, -0.2) is 12.7 Å². The fraction of sp³-hybridized carbons (Fsp3) is 0.706. The third-order valence-corrected chi connectivity index (χ3v) is 7.89. The standard InChI is InChI=1S/C17H25N7O2S/c1-21(8-9-23-7-2-10-27(23,25)26)14-11-22(12-14)16-6-5-15-18-19-17(13-3-4-13)24(15)20-16/h5-6,13-14H,2-4,7-12H2,1H3. The molecule has 0 spiro atoms. The fourth-order valence-electron chi connectivity index (χ4n) is 3.88. The molecular weight excluding hydrogens is 366 g/mol. The van der Waals surface area contributed by atoms with Gasteiger partial charge < -0.3 is 4.90 Å². The van der Waals surface area contributed by atoms with Gasteiger partial charge in [0.05, 0.1) is 5.75 Å². The maximum atomic E-state index is 11.9. The summed E-state index contributed by atoms with van der Waals surface area (Å²) in [6.07, 6.45) is 3.11. The van der Waals surface area contributed by atoms with Gasteiger partial charge >= 0.3 is 0 Å². The number of fused-ring (bicyclic) bond motifs is 1. The molecular formula is C17H25N7O2S. The van der Waals surface area contributed by atoms with Crippen molar-refractivity contribution in [2.75, 3.05) is 50.4 Å². The smallest absolute Gasteiger partial charge is 0.214 e. The van der Waals surface area contributed by atoms with E-state index in [0.29, 0.717) is 30.8 Å². The van der Waals surface area contributed by atoms with Gasteiger partial charge in [-0.2, -0.15) is 4.52 Å². The van der Waals surface area contributed by atoms with E-state index in [1.165, 1.54) is 12.8 Å². The molecule has 0 unspecified atom stereocenters. The van der Waals surface area contributed by atoms with Gasteiger partial charge in [0.1, 0.15) is 5.82 Å². The molecule has 3 aliphatic rings. The Kier molecular flexibility index (Phi) is 4.10. The highest BCUT2D eigenvalue weighted by Gasteiger charge is 2.34. The molecule has 2 aromatic rings. The molecule has 0 radical (unpaired) electrons. The van der Waals surface area contributed by atoms with Crippen LogP contribution < -0.4 is 4.90 Å². The predicted molar refractivity (Wildman–Crippen MR) is 101 cm³/mol. The summed E-state index contributed by atoms with van der Waals surface area (Å²) >= 11 is 0. The molecule has 1 aliphatic carbocycles. The molecule has 2 aliphatic heterocycles. The number of likely N-dealkylation sites (N-methyl/N-ethyl adjacent to an activating group) is 1. The van der Waals surface area contributed by atoms with Gasteiger partial charge in [0.2, 0.25) is 10.0 Å². The van der Waals surface area contributed by atoms with E-state index in [0.717, 1.165) is 43.3 Å². The molecule has 9 nitrogen and oxygen atoms in total. The van der Waals surface area contributed by atoms with E-state index in [9.17, 15) is 8.42 Å². The molecule has 2 aromatic heterocycles. The van der Waals surface area contributed by atoms with Crippen molar-refractivity contribution in [2.45, 2.75) is 31.2 Å². The van der Waals surface area contributed by atoms with Crippen molar-refractivity contribution in [1.82, 2.24) is 29.0 Å². The largest absolute Gasteiger partial charge is 0.352 e. The average molecular weight is 392 g/mol. The minimum Gasteiger partial charge on any atom is -0.352 e. The van der Waals surface area contributed by atoms with Crippen LogP contribution in [0.15, 0.2) is 12.1 Å². The van der Waals surface area contributed by atoms with Crippen molar-refractivity contribution in [2.24, 2.45) is 0 Å². The summed E-state index contributed by atoms with van der Waals surface area (Å²) in [6.45, 7) is 3.83. The predicted octanol–water partition coefficient (Wildman–Crippen LogP) is 0.158. The van der Waals surface area contributed by atoms with E-state index in [-0.39, 0.29) is 0 Å². The number of anilines is 1. The van der Waals surface area contributed by atoms with Crippen LogP contribution >= 0.6 is 0 Å². The van der Waals surface area contributed by atoms with Crippen LogP contribution in [0.4, 0.5) is 5.82 Å². The van der Waals surface area contributed by atoms with E-state index in [2.05, 4.69) is 27.0 Å². The lowest BCUT2D eigenvalue weighted by Crippen LogP contribution is -2.59. The second-order valence-electron chi connectivity index (χ2n) is 7.90. The van der Waals surface area contributed by atoms with E-state index >= 15 is 0 Å². The Hall–Kier alpha value is -1.78. The van der Waals surface area contributed by atoms with E-state index in [1.807, 2.05) is 16.6 Å². The minimum atomic E-state index is -3.00. The molecule has 3 fully saturated rings. The van der Waals surface area contributed by atoms with Crippen LogP contribution in [0.5, 0.6) is 0 Å². The Morgan fingerprint density at radius 3 is 2.74 bits per heavy atom. The first-order valence-electron chi connectivity index (χ1n) is 9.67. The topological polar surface area (TPSA) is 86.9 Å². The normalized spacial score (nSPS) is 23.4. The van der Waals surface area contributed by atoms with Crippen LogP contribution in [0.3, 0.4) is 0 Å². The minimum absolute atomic E-state index is 0.300. The number of aromatic nitrogens is 4. The van der Waals surface area contributed by atoms with Gasteiger partial charge in [-0.1, -0.05) is 0 Å². The monoisotopic (exact) mass is 391 g/mol. The molecule has 4 heterocycles. The molecule has 1 saturated carbocycles. The first-order chi connectivity index (χ1) is 13.0. The Labute approximate surface area is 159 Å². The Morgan fingerprint density at radius 2 is 2.04 bits per heavy atom. The zero-order chi connectivity index (χ0) is 18.6. The molecule has 0 amide bonds. The second-order valence-corrected chi connectivity index (χ2v) is 9.99. The zero-order valence-electron chi connectivity index (χ0n) is 15.5. The van der Waals surface area contributed by atoms with Crippen LogP contribution in [0.25, 0.3) is 5.65 Å². The molecule has 146 valence electrons. The molecule has 2 saturated heterocycles. The summed E-state index contributed by atoms with van der Waals surface area (Å²) in [7, 11) is -0.925. The quantitative estimate of drug-likeness (QED) is 0.693. The highest BCUT2D eigenvalue weighted by molar-refractivity contribution is 7.89. The van der Waals surface area contributed by atoms with Crippen molar-refractivity contribution in [3.05, 3.63) is 18.0 Å². The van der Waals surface area contributed by atoms with Gasteiger partial charge in [0.15, 0.2) is 11.5 Å². The maximum absolute atomic E-state index is 11.9. The van der Waals surface area contributed by atoms with E-state index in [4.69, 9.17) is 5.10 Å². The summed E-state index contributed by atoms with van der Waals surface area (Å²) in [6, 6.07) is 4.42. The number of hydrogen-bond donors (Lipinski definition) is 0. The number of nitrogens with zero attached hydrogens (tertiary/aromatic N) is 7. The first-order valence-corrected chi connectivity index (χ1v) is 11.3. The Balaban J connectivity index is 1.19. The number of rotatable bonds is 6. The van der Waals surface area contributed by atoms with Crippen molar-refractivity contribution < 1.29 is 8.42 Å². The van der Waals surface area contributed by atoms with Gasteiger partial charge in [-0.3, -0.25) is 4.90 Å². The number of sulfonamides is 1. The lowest BCUT2D eigenvalue weighted by atomic mass is 10.1. The molecule has 10 heteroatoms. The fourth-order valence-corrected chi connectivity index (χ4v) is 5.40. The summed E-state index contributed by atoms with van der Waals surface area (Å²) in [5.41, 5.74) is 0.807. The SMILES string of the molecule is CN(CCN1CCCS1(=O)=O)C1CN(c2ccc3nnc(C4CC4)n3n2)C1. The Bertz CT molecular complexity index is 949. The summed E-state index contributed by atoms with van der Waals surface area (Å²) < 4.78 is 27.3. The summed E-state index contributed by atoms with van der Waals surface area (Å²) in [4.78, 5) is 4.52. The second kappa shape index (κ2) is 6.39. The maximum Gasteiger partial charge on any atom is 0.214 e. The van der Waals surface area contributed by atoms with Crippen molar-refractivity contribution in [3.63, 3.8) is 0 Å². The van der Waals surface area contributed by atoms with Crippen molar-refractivity contribution >= 4 is 21.5 Å². The van der Waals surface area contributed by atoms with Crippen LogP contribution in [0, 0.1) is 0 Å². The number of hydrogen-bond acceptors (Lipinski definition) is 7. The zero-order valence-corrected chi connectivity index (χ0v) is 16.3. The summed E-state index contributed by atoms with van der Waals surface area (Å²) in [5, 5.41) is 13.3. The lowest BCUT2D eigenvalue weighted by molar-refractivity contribution is 0.193. The van der Waals surface area contributed by atoms with Gasteiger partial charge in [-0.05, 0) is 38.4 Å². The highest BCUT2D eigenvalue weighted by Crippen LogP contribution is 2.38.